The normalized spacial score (nSPS) is 16.0. The zero-order valence-electron chi connectivity index (χ0n) is 15.1. The van der Waals surface area contributed by atoms with E-state index in [1.165, 1.54) is 0 Å². The molecule has 26 heavy (non-hydrogen) atoms. The number of carbonyl (C=O) groups is 2. The number of benzene rings is 1. The summed E-state index contributed by atoms with van der Waals surface area (Å²) in [7, 11) is 3.31. The Hall–Kier alpha value is -2.54. The fourth-order valence-electron chi connectivity index (χ4n) is 3.29. The van der Waals surface area contributed by atoms with Crippen molar-refractivity contribution in [3.05, 3.63) is 34.1 Å². The average molecular weight is 377 g/mol. The van der Waals surface area contributed by atoms with Gasteiger partial charge in [-0.15, -0.1) is 0 Å². The van der Waals surface area contributed by atoms with E-state index in [0.29, 0.717) is 28.7 Å². The molecule has 0 radical (unpaired) electrons. The van der Waals surface area contributed by atoms with Gasteiger partial charge in [0.1, 0.15) is 10.9 Å². The Balaban J connectivity index is 2.14. The number of hydrogen-bond acceptors (Lipinski definition) is 4. The maximum Gasteiger partial charge on any atom is 0.225 e. The van der Waals surface area contributed by atoms with E-state index in [1.807, 2.05) is 13.0 Å². The van der Waals surface area contributed by atoms with Crippen LogP contribution in [0.15, 0.2) is 12.1 Å². The molecule has 0 saturated carbocycles. The maximum atomic E-state index is 12.3. The van der Waals surface area contributed by atoms with E-state index in [9.17, 15) is 9.59 Å². The van der Waals surface area contributed by atoms with Crippen molar-refractivity contribution in [1.82, 2.24) is 9.78 Å². The molecule has 0 spiro atoms. The Morgan fingerprint density at radius 3 is 2.81 bits per heavy atom. The lowest BCUT2D eigenvalue weighted by Crippen LogP contribution is -2.24. The molecule has 0 aliphatic carbocycles. The van der Waals surface area contributed by atoms with Gasteiger partial charge in [-0.25, -0.2) is 0 Å². The van der Waals surface area contributed by atoms with Gasteiger partial charge in [-0.2, -0.15) is 5.10 Å². The SMILES string of the molecule is CCC(=O)Nc1cc2c(cc1OC)C(c1c(C)nn(C)c1Cl)CC(=O)N2. The standard InChI is InChI=1S/C18H21ClN4O3/c1-5-15(24)21-13-8-12-10(6-14(13)26-4)11(7-16(25)20-12)17-9(2)22-23(3)18(17)19/h6,8,11H,5,7H2,1-4H3,(H,20,25)(H,21,24). The van der Waals surface area contributed by atoms with Crippen molar-refractivity contribution in [1.29, 1.82) is 0 Å². The van der Waals surface area contributed by atoms with Gasteiger partial charge in [0.2, 0.25) is 11.8 Å². The van der Waals surface area contributed by atoms with E-state index in [2.05, 4.69) is 15.7 Å². The summed E-state index contributed by atoms with van der Waals surface area (Å²) in [6, 6.07) is 3.57. The first-order valence-corrected chi connectivity index (χ1v) is 8.74. The number of nitrogens with one attached hydrogen (secondary N) is 2. The van der Waals surface area contributed by atoms with E-state index in [1.54, 1.807) is 31.8 Å². The summed E-state index contributed by atoms with van der Waals surface area (Å²) in [5.41, 5.74) is 3.66. The van der Waals surface area contributed by atoms with Crippen molar-refractivity contribution in [2.75, 3.05) is 17.7 Å². The maximum absolute atomic E-state index is 12.3. The molecule has 1 aliphatic heterocycles. The van der Waals surface area contributed by atoms with E-state index in [0.717, 1.165) is 16.8 Å². The van der Waals surface area contributed by atoms with Crippen molar-refractivity contribution in [2.45, 2.75) is 32.6 Å². The molecule has 0 fully saturated rings. The van der Waals surface area contributed by atoms with Gasteiger partial charge < -0.3 is 15.4 Å². The highest BCUT2D eigenvalue weighted by molar-refractivity contribution is 6.30. The van der Waals surface area contributed by atoms with Gasteiger partial charge in [-0.1, -0.05) is 18.5 Å². The Morgan fingerprint density at radius 2 is 2.23 bits per heavy atom. The van der Waals surface area contributed by atoms with Crippen LogP contribution in [-0.2, 0) is 16.6 Å². The summed E-state index contributed by atoms with van der Waals surface area (Å²) >= 11 is 6.43. The van der Waals surface area contributed by atoms with Gasteiger partial charge in [0, 0.05) is 37.1 Å². The van der Waals surface area contributed by atoms with Gasteiger partial charge in [0.05, 0.1) is 18.5 Å². The number of halogens is 1. The Kier molecular flexibility index (Phi) is 4.91. The molecule has 138 valence electrons. The molecule has 2 amide bonds. The van der Waals surface area contributed by atoms with Crippen molar-refractivity contribution in [3.8, 4) is 5.75 Å². The molecular weight excluding hydrogens is 356 g/mol. The van der Waals surface area contributed by atoms with Crippen LogP contribution in [0.4, 0.5) is 11.4 Å². The zero-order chi connectivity index (χ0) is 19.0. The first-order valence-electron chi connectivity index (χ1n) is 8.36. The van der Waals surface area contributed by atoms with Gasteiger partial charge in [0.25, 0.3) is 0 Å². The number of aryl methyl sites for hydroxylation is 2. The number of hydrogen-bond donors (Lipinski definition) is 2. The molecule has 1 aromatic carbocycles. The van der Waals surface area contributed by atoms with Gasteiger partial charge in [-0.05, 0) is 24.6 Å². The van der Waals surface area contributed by atoms with E-state index >= 15 is 0 Å². The average Bonchev–Trinajstić information content (AvgIpc) is 2.85. The number of anilines is 2. The number of carbonyl (C=O) groups excluding carboxylic acids is 2. The van der Waals surface area contributed by atoms with Crippen LogP contribution in [0.1, 0.15) is 42.5 Å². The second-order valence-corrected chi connectivity index (χ2v) is 6.62. The molecule has 2 N–H and O–H groups in total. The summed E-state index contributed by atoms with van der Waals surface area (Å²) < 4.78 is 7.05. The van der Waals surface area contributed by atoms with Crippen molar-refractivity contribution < 1.29 is 14.3 Å². The van der Waals surface area contributed by atoms with Gasteiger partial charge in [-0.3, -0.25) is 14.3 Å². The molecule has 1 atom stereocenters. The molecule has 0 saturated heterocycles. The highest BCUT2D eigenvalue weighted by Crippen LogP contribution is 2.44. The molecule has 1 aromatic heterocycles. The van der Waals surface area contributed by atoms with Crippen LogP contribution in [0.3, 0.4) is 0 Å². The van der Waals surface area contributed by atoms with E-state index < -0.39 is 0 Å². The van der Waals surface area contributed by atoms with Crippen molar-refractivity contribution in [2.24, 2.45) is 7.05 Å². The summed E-state index contributed by atoms with van der Waals surface area (Å²) in [4.78, 5) is 24.1. The van der Waals surface area contributed by atoms with Crippen molar-refractivity contribution >= 4 is 34.8 Å². The number of fused-ring (bicyclic) bond motifs is 1. The second-order valence-electron chi connectivity index (χ2n) is 6.26. The number of rotatable bonds is 4. The summed E-state index contributed by atoms with van der Waals surface area (Å²) in [5, 5.41) is 10.5. The summed E-state index contributed by atoms with van der Waals surface area (Å²) in [6.07, 6.45) is 0.614. The molecule has 8 heteroatoms. The molecule has 3 rings (SSSR count). The predicted octanol–water partition coefficient (Wildman–Crippen LogP) is 3.21. The highest BCUT2D eigenvalue weighted by Gasteiger charge is 2.32. The Morgan fingerprint density at radius 1 is 1.50 bits per heavy atom. The quantitative estimate of drug-likeness (QED) is 0.857. The number of ether oxygens (including phenoxy) is 1. The number of methoxy groups -OCH3 is 1. The fourth-order valence-corrected chi connectivity index (χ4v) is 3.60. The zero-order valence-corrected chi connectivity index (χ0v) is 15.9. The molecule has 2 aromatic rings. The van der Waals surface area contributed by atoms with Crippen molar-refractivity contribution in [3.63, 3.8) is 0 Å². The van der Waals surface area contributed by atoms with Crippen LogP contribution in [0, 0.1) is 6.92 Å². The third-order valence-corrected chi connectivity index (χ3v) is 5.00. The number of amides is 2. The molecule has 7 nitrogen and oxygen atoms in total. The molecule has 1 aliphatic rings. The minimum absolute atomic E-state index is 0.111. The third kappa shape index (κ3) is 3.14. The Labute approximate surface area is 156 Å². The topological polar surface area (TPSA) is 85.2 Å². The molecule has 0 bridgehead atoms. The molecular formula is C18H21ClN4O3. The van der Waals surface area contributed by atoms with Gasteiger partial charge in [0.15, 0.2) is 0 Å². The molecule has 2 heterocycles. The van der Waals surface area contributed by atoms with Crippen LogP contribution in [0.25, 0.3) is 0 Å². The molecule has 1 unspecified atom stereocenters. The van der Waals surface area contributed by atoms with E-state index in [4.69, 9.17) is 16.3 Å². The van der Waals surface area contributed by atoms with Crippen LogP contribution in [-0.4, -0.2) is 28.7 Å². The summed E-state index contributed by atoms with van der Waals surface area (Å²) in [5.74, 6) is 0.0574. The van der Waals surface area contributed by atoms with E-state index in [-0.39, 0.29) is 24.2 Å². The second kappa shape index (κ2) is 6.99. The number of aromatic nitrogens is 2. The number of nitrogens with zero attached hydrogens (tertiary/aromatic N) is 2. The van der Waals surface area contributed by atoms with Crippen LogP contribution in [0.5, 0.6) is 5.75 Å². The fraction of sp³-hybridized carbons (Fsp3) is 0.389. The van der Waals surface area contributed by atoms with Crippen LogP contribution >= 0.6 is 11.6 Å². The minimum atomic E-state index is -0.232. The lowest BCUT2D eigenvalue weighted by Gasteiger charge is -2.27. The largest absolute Gasteiger partial charge is 0.495 e. The Bertz CT molecular complexity index is 891. The smallest absolute Gasteiger partial charge is 0.225 e. The monoisotopic (exact) mass is 376 g/mol. The lowest BCUT2D eigenvalue weighted by molar-refractivity contribution is -0.117. The highest BCUT2D eigenvalue weighted by atomic mass is 35.5. The first-order chi connectivity index (χ1) is 12.3. The lowest BCUT2D eigenvalue weighted by atomic mass is 9.84. The van der Waals surface area contributed by atoms with Crippen LogP contribution in [0.2, 0.25) is 5.15 Å². The minimum Gasteiger partial charge on any atom is -0.495 e. The first kappa shape index (κ1) is 18.3. The predicted molar refractivity (Wildman–Crippen MR) is 100.0 cm³/mol. The third-order valence-electron chi connectivity index (χ3n) is 4.55. The van der Waals surface area contributed by atoms with Gasteiger partial charge >= 0.3 is 0 Å². The summed E-state index contributed by atoms with van der Waals surface area (Å²) in [6.45, 7) is 3.64. The van der Waals surface area contributed by atoms with Crippen LogP contribution < -0.4 is 15.4 Å².